The van der Waals surface area contributed by atoms with Crippen LogP contribution in [0.15, 0.2) is 54.7 Å². The number of nitrogens with zero attached hydrogens (tertiary/aromatic N) is 4. The standard InChI is InChI=1S/C26H29FN4O2/c1-30(2)26-28-16-23(19-6-4-8-22(15-19)33-3)25(29-26)20-7-5-13-31(17-20)24(32)14-18-9-11-21(27)12-10-18/h4,6,8-12,15-16,20H,5,7,13-14,17H2,1-3H3/t20-/m0/s1. The van der Waals surface area contributed by atoms with Crippen molar-refractivity contribution < 1.29 is 13.9 Å². The molecule has 6 nitrogen and oxygen atoms in total. The SMILES string of the molecule is COc1cccc(-c2cnc(N(C)C)nc2[C@H]2CCCN(C(=O)Cc3ccc(F)cc3)C2)c1. The number of likely N-dealkylation sites (tertiary alicyclic amines) is 1. The molecular formula is C26H29FN4O2. The third-order valence-corrected chi connectivity index (χ3v) is 6.02. The lowest BCUT2D eigenvalue weighted by atomic mass is 9.89. The number of hydrogen-bond acceptors (Lipinski definition) is 5. The first-order chi connectivity index (χ1) is 15.9. The van der Waals surface area contributed by atoms with E-state index in [9.17, 15) is 9.18 Å². The highest BCUT2D eigenvalue weighted by Crippen LogP contribution is 2.35. The summed E-state index contributed by atoms with van der Waals surface area (Å²) in [6.45, 7) is 1.32. The van der Waals surface area contributed by atoms with E-state index in [2.05, 4.69) is 4.98 Å². The highest BCUT2D eigenvalue weighted by molar-refractivity contribution is 5.79. The van der Waals surface area contributed by atoms with E-state index in [1.54, 1.807) is 19.2 Å². The fraction of sp³-hybridized carbons (Fsp3) is 0.346. The minimum Gasteiger partial charge on any atom is -0.497 e. The zero-order valence-corrected chi connectivity index (χ0v) is 19.3. The Morgan fingerprint density at radius 2 is 2.00 bits per heavy atom. The van der Waals surface area contributed by atoms with Crippen LogP contribution in [0.25, 0.3) is 11.1 Å². The van der Waals surface area contributed by atoms with Crippen LogP contribution in [-0.2, 0) is 11.2 Å². The molecule has 1 aliphatic heterocycles. The maximum Gasteiger partial charge on any atom is 0.227 e. The normalized spacial score (nSPS) is 15.9. The summed E-state index contributed by atoms with van der Waals surface area (Å²) in [6, 6.07) is 14.0. The Morgan fingerprint density at radius 1 is 1.21 bits per heavy atom. The highest BCUT2D eigenvalue weighted by atomic mass is 19.1. The van der Waals surface area contributed by atoms with Gasteiger partial charge in [0.2, 0.25) is 11.9 Å². The number of benzene rings is 2. The van der Waals surface area contributed by atoms with Crippen LogP contribution in [0.5, 0.6) is 5.75 Å². The van der Waals surface area contributed by atoms with Crippen LogP contribution in [0.3, 0.4) is 0 Å². The van der Waals surface area contributed by atoms with Crippen molar-refractivity contribution in [2.75, 3.05) is 39.2 Å². The van der Waals surface area contributed by atoms with E-state index in [4.69, 9.17) is 9.72 Å². The molecule has 33 heavy (non-hydrogen) atoms. The van der Waals surface area contributed by atoms with Crippen molar-refractivity contribution in [1.82, 2.24) is 14.9 Å². The van der Waals surface area contributed by atoms with E-state index in [0.29, 0.717) is 12.5 Å². The molecule has 1 fully saturated rings. The van der Waals surface area contributed by atoms with Crippen LogP contribution in [0.4, 0.5) is 10.3 Å². The fourth-order valence-corrected chi connectivity index (χ4v) is 4.24. The number of carbonyl (C=O) groups excluding carboxylic acids is 1. The summed E-state index contributed by atoms with van der Waals surface area (Å²) in [5, 5.41) is 0. The zero-order chi connectivity index (χ0) is 23.4. The van der Waals surface area contributed by atoms with Gasteiger partial charge < -0.3 is 14.5 Å². The minimum atomic E-state index is -0.297. The molecule has 3 aromatic rings. The fourth-order valence-electron chi connectivity index (χ4n) is 4.24. The smallest absolute Gasteiger partial charge is 0.227 e. The van der Waals surface area contributed by atoms with E-state index in [-0.39, 0.29) is 24.1 Å². The molecule has 1 aromatic heterocycles. The number of piperidine rings is 1. The van der Waals surface area contributed by atoms with Gasteiger partial charge in [0.15, 0.2) is 0 Å². The first-order valence-corrected chi connectivity index (χ1v) is 11.2. The summed E-state index contributed by atoms with van der Waals surface area (Å²) >= 11 is 0. The van der Waals surface area contributed by atoms with Crippen molar-refractivity contribution in [2.24, 2.45) is 0 Å². The summed E-state index contributed by atoms with van der Waals surface area (Å²) in [5.41, 5.74) is 3.71. The molecule has 2 aromatic carbocycles. The Labute approximate surface area is 194 Å². The number of hydrogen-bond donors (Lipinski definition) is 0. The first kappa shape index (κ1) is 22.7. The molecule has 1 aliphatic rings. The number of amides is 1. The molecular weight excluding hydrogens is 419 g/mol. The predicted molar refractivity (Wildman–Crippen MR) is 127 cm³/mol. The Morgan fingerprint density at radius 3 is 2.73 bits per heavy atom. The van der Waals surface area contributed by atoms with Crippen LogP contribution in [0.1, 0.15) is 30.0 Å². The van der Waals surface area contributed by atoms with E-state index in [0.717, 1.165) is 47.5 Å². The number of halogens is 1. The monoisotopic (exact) mass is 448 g/mol. The maximum atomic E-state index is 13.2. The molecule has 0 bridgehead atoms. The Balaban J connectivity index is 1.61. The van der Waals surface area contributed by atoms with Gasteiger partial charge in [-0.1, -0.05) is 24.3 Å². The molecule has 1 atom stereocenters. The lowest BCUT2D eigenvalue weighted by molar-refractivity contribution is -0.131. The highest BCUT2D eigenvalue weighted by Gasteiger charge is 2.28. The zero-order valence-electron chi connectivity index (χ0n) is 19.3. The molecule has 0 N–H and O–H groups in total. The molecule has 1 amide bonds. The molecule has 0 saturated carbocycles. The number of methoxy groups -OCH3 is 1. The third kappa shape index (κ3) is 5.30. The molecule has 0 spiro atoms. The first-order valence-electron chi connectivity index (χ1n) is 11.2. The van der Waals surface area contributed by atoms with Gasteiger partial charge in [0.25, 0.3) is 0 Å². The van der Waals surface area contributed by atoms with Gasteiger partial charge in [0, 0.05) is 44.9 Å². The molecule has 172 valence electrons. The van der Waals surface area contributed by atoms with Crippen LogP contribution < -0.4 is 9.64 Å². The topological polar surface area (TPSA) is 58.6 Å². The molecule has 0 aliphatic carbocycles. The number of anilines is 1. The largest absolute Gasteiger partial charge is 0.497 e. The Kier molecular flexibility index (Phi) is 6.87. The molecule has 0 unspecified atom stereocenters. The van der Waals surface area contributed by atoms with Crippen molar-refractivity contribution in [3.05, 3.63) is 71.8 Å². The quantitative estimate of drug-likeness (QED) is 0.563. The second kappa shape index (κ2) is 9.98. The van der Waals surface area contributed by atoms with Gasteiger partial charge in [-0.3, -0.25) is 4.79 Å². The van der Waals surface area contributed by atoms with Crippen molar-refractivity contribution >= 4 is 11.9 Å². The van der Waals surface area contributed by atoms with Crippen LogP contribution in [-0.4, -0.2) is 55.1 Å². The molecule has 7 heteroatoms. The minimum absolute atomic E-state index is 0.0520. The maximum absolute atomic E-state index is 13.2. The van der Waals surface area contributed by atoms with E-state index < -0.39 is 0 Å². The van der Waals surface area contributed by atoms with Gasteiger partial charge in [-0.05, 0) is 48.2 Å². The summed E-state index contributed by atoms with van der Waals surface area (Å²) in [5.74, 6) is 1.27. The summed E-state index contributed by atoms with van der Waals surface area (Å²) in [4.78, 5) is 26.3. The number of ether oxygens (including phenoxy) is 1. The lowest BCUT2D eigenvalue weighted by Crippen LogP contribution is -2.40. The van der Waals surface area contributed by atoms with Crippen molar-refractivity contribution in [2.45, 2.75) is 25.2 Å². The average Bonchev–Trinajstić information content (AvgIpc) is 2.85. The summed E-state index contributed by atoms with van der Waals surface area (Å²) in [6.07, 6.45) is 3.98. The summed E-state index contributed by atoms with van der Waals surface area (Å²) in [7, 11) is 5.49. The molecule has 2 heterocycles. The second-order valence-electron chi connectivity index (χ2n) is 8.58. The molecule has 4 rings (SSSR count). The third-order valence-electron chi connectivity index (χ3n) is 6.02. The van der Waals surface area contributed by atoms with Gasteiger partial charge in [-0.2, -0.15) is 0 Å². The Hall–Kier alpha value is -3.48. The number of rotatable bonds is 6. The van der Waals surface area contributed by atoms with Gasteiger partial charge in [0.05, 0.1) is 19.2 Å². The van der Waals surface area contributed by atoms with Gasteiger partial charge in [0.1, 0.15) is 11.6 Å². The van der Waals surface area contributed by atoms with Gasteiger partial charge in [-0.25, -0.2) is 14.4 Å². The van der Waals surface area contributed by atoms with Gasteiger partial charge in [-0.15, -0.1) is 0 Å². The lowest BCUT2D eigenvalue weighted by Gasteiger charge is -2.33. The van der Waals surface area contributed by atoms with Crippen LogP contribution in [0.2, 0.25) is 0 Å². The molecule has 1 saturated heterocycles. The summed E-state index contributed by atoms with van der Waals surface area (Å²) < 4.78 is 18.6. The predicted octanol–water partition coefficient (Wildman–Crippen LogP) is 4.31. The van der Waals surface area contributed by atoms with Crippen molar-refractivity contribution in [3.8, 4) is 16.9 Å². The molecule has 0 radical (unpaired) electrons. The van der Waals surface area contributed by atoms with E-state index >= 15 is 0 Å². The van der Waals surface area contributed by atoms with Crippen LogP contribution >= 0.6 is 0 Å². The average molecular weight is 449 g/mol. The van der Waals surface area contributed by atoms with E-state index in [1.807, 2.05) is 54.4 Å². The van der Waals surface area contributed by atoms with Gasteiger partial charge >= 0.3 is 0 Å². The van der Waals surface area contributed by atoms with Crippen molar-refractivity contribution in [1.29, 1.82) is 0 Å². The number of aromatic nitrogens is 2. The number of carbonyl (C=O) groups is 1. The van der Waals surface area contributed by atoms with E-state index in [1.165, 1.54) is 12.1 Å². The second-order valence-corrected chi connectivity index (χ2v) is 8.58. The van der Waals surface area contributed by atoms with Crippen molar-refractivity contribution in [3.63, 3.8) is 0 Å². The van der Waals surface area contributed by atoms with Crippen LogP contribution in [0, 0.1) is 5.82 Å². The Bertz CT molecular complexity index is 1120.